The van der Waals surface area contributed by atoms with Crippen molar-refractivity contribution in [2.45, 2.75) is 42.1 Å². The number of nitrogens with zero attached hydrogens (tertiary/aromatic N) is 4. The highest BCUT2D eigenvalue weighted by molar-refractivity contribution is 8.01. The first-order valence-electron chi connectivity index (χ1n) is 13.5. The molecule has 0 unspecified atom stereocenters. The van der Waals surface area contributed by atoms with E-state index in [-0.39, 0.29) is 28.6 Å². The molecule has 4 rings (SSSR count). The zero-order valence-corrected chi connectivity index (χ0v) is 26.8. The summed E-state index contributed by atoms with van der Waals surface area (Å²) in [6.07, 6.45) is 1.54. The largest absolute Gasteiger partial charge is 0.493 e. The van der Waals surface area contributed by atoms with Gasteiger partial charge in [0.15, 0.2) is 17.5 Å². The number of hydrogen-bond donors (Lipinski definition) is 1. The topological polar surface area (TPSA) is 149 Å². The Balaban J connectivity index is 1.79. The Kier molecular flexibility index (Phi) is 9.91. The number of carbonyl (C=O) groups is 3. The van der Waals surface area contributed by atoms with Gasteiger partial charge < -0.3 is 19.1 Å². The standard InChI is InChI=1S/C29H35N5O8S2/c1-29(2)18-43-25(31-29)26(35)34(44(38,39)21-16-30-33(5)17-21)22(27(36)42-24-10-8-7-9-23(24)40-6)15-19-11-13-20(14-12-19)41-28(37)32(3)4/h7-14,16-17,22,25,31H,15,18H2,1-6H3/t22-,25-/m0/s1. The van der Waals surface area contributed by atoms with Crippen molar-refractivity contribution in [3.8, 4) is 17.2 Å². The molecule has 2 heterocycles. The van der Waals surface area contributed by atoms with Crippen molar-refractivity contribution in [3.63, 3.8) is 0 Å². The van der Waals surface area contributed by atoms with Crippen molar-refractivity contribution < 1.29 is 37.0 Å². The summed E-state index contributed by atoms with van der Waals surface area (Å²) in [5.41, 5.74) is 0.0188. The number of thioether (sulfide) groups is 1. The molecule has 1 fully saturated rings. The average Bonchev–Trinajstić information content (AvgIpc) is 3.58. The number of aromatic nitrogens is 2. The Hall–Kier alpha value is -4.08. The molecule has 44 heavy (non-hydrogen) atoms. The molecule has 3 aromatic rings. The van der Waals surface area contributed by atoms with E-state index >= 15 is 0 Å². The normalized spacial score (nSPS) is 16.5. The van der Waals surface area contributed by atoms with Crippen LogP contribution in [0, 0.1) is 0 Å². The van der Waals surface area contributed by atoms with Crippen LogP contribution in [-0.2, 0) is 33.1 Å². The van der Waals surface area contributed by atoms with Crippen molar-refractivity contribution in [1.29, 1.82) is 0 Å². The number of esters is 1. The maximum Gasteiger partial charge on any atom is 0.414 e. The van der Waals surface area contributed by atoms with E-state index in [4.69, 9.17) is 14.2 Å². The van der Waals surface area contributed by atoms with Gasteiger partial charge in [0, 0.05) is 45.1 Å². The molecular weight excluding hydrogens is 610 g/mol. The zero-order valence-electron chi connectivity index (χ0n) is 25.2. The second kappa shape index (κ2) is 13.3. The van der Waals surface area contributed by atoms with Gasteiger partial charge in [0.25, 0.3) is 15.9 Å². The number of nitrogens with one attached hydrogen (secondary N) is 1. The first-order valence-corrected chi connectivity index (χ1v) is 16.0. The molecule has 0 aliphatic carbocycles. The SMILES string of the molecule is COc1ccccc1OC(=O)[C@H](Cc1ccc(OC(=O)N(C)C)cc1)N(C(=O)[C@H]1NC(C)(C)CS1)S(=O)(=O)c1cnn(C)c1. The number of methoxy groups -OCH3 is 1. The highest BCUT2D eigenvalue weighted by atomic mass is 32.2. The lowest BCUT2D eigenvalue weighted by Gasteiger charge is -2.31. The second-order valence-electron chi connectivity index (χ2n) is 10.9. The molecule has 1 aliphatic rings. The van der Waals surface area contributed by atoms with E-state index in [1.54, 1.807) is 51.5 Å². The van der Waals surface area contributed by atoms with Gasteiger partial charge in [-0.1, -0.05) is 24.3 Å². The molecule has 0 radical (unpaired) electrons. The minimum Gasteiger partial charge on any atom is -0.493 e. The highest BCUT2D eigenvalue weighted by Gasteiger charge is 2.47. The minimum atomic E-state index is -4.62. The summed E-state index contributed by atoms with van der Waals surface area (Å²) in [6.45, 7) is 3.79. The van der Waals surface area contributed by atoms with Crippen LogP contribution in [0.4, 0.5) is 4.79 Å². The maximum absolute atomic E-state index is 14.2. The van der Waals surface area contributed by atoms with Gasteiger partial charge in [-0.2, -0.15) is 5.10 Å². The van der Waals surface area contributed by atoms with Gasteiger partial charge in [0.2, 0.25) is 0 Å². The van der Waals surface area contributed by atoms with Crippen molar-refractivity contribution >= 4 is 39.8 Å². The molecule has 15 heteroatoms. The van der Waals surface area contributed by atoms with Crippen LogP contribution < -0.4 is 19.5 Å². The summed E-state index contributed by atoms with van der Waals surface area (Å²) in [5.74, 6) is -0.756. The average molecular weight is 646 g/mol. The first kappa shape index (κ1) is 32.8. The Morgan fingerprint density at radius 1 is 1.09 bits per heavy atom. The Bertz CT molecular complexity index is 1620. The van der Waals surface area contributed by atoms with E-state index in [0.29, 0.717) is 15.6 Å². The van der Waals surface area contributed by atoms with Crippen molar-refractivity contribution in [1.82, 2.24) is 24.3 Å². The first-order chi connectivity index (χ1) is 20.7. The summed E-state index contributed by atoms with van der Waals surface area (Å²) in [5, 5.41) is 6.18. The van der Waals surface area contributed by atoms with Crippen molar-refractivity contribution in [3.05, 3.63) is 66.5 Å². The van der Waals surface area contributed by atoms with Gasteiger partial charge in [0.05, 0.1) is 13.3 Å². The van der Waals surface area contributed by atoms with E-state index < -0.39 is 44.9 Å². The van der Waals surface area contributed by atoms with Crippen molar-refractivity contribution in [2.24, 2.45) is 7.05 Å². The number of amides is 2. The highest BCUT2D eigenvalue weighted by Crippen LogP contribution is 2.32. The fourth-order valence-corrected chi connectivity index (χ4v) is 7.24. The maximum atomic E-state index is 14.2. The van der Waals surface area contributed by atoms with Gasteiger partial charge in [-0.15, -0.1) is 11.8 Å². The van der Waals surface area contributed by atoms with Crippen molar-refractivity contribution in [2.75, 3.05) is 27.0 Å². The molecule has 2 atom stereocenters. The fraction of sp³-hybridized carbons (Fsp3) is 0.379. The van der Waals surface area contributed by atoms with Gasteiger partial charge in [-0.25, -0.2) is 22.3 Å². The van der Waals surface area contributed by atoms with E-state index in [9.17, 15) is 22.8 Å². The van der Waals surface area contributed by atoms with Crippen LogP contribution in [0.5, 0.6) is 17.2 Å². The number of hydrogen-bond acceptors (Lipinski definition) is 11. The van der Waals surface area contributed by atoms with Crippen LogP contribution in [0.2, 0.25) is 0 Å². The number of sulfonamides is 1. The number of ether oxygens (including phenoxy) is 3. The number of carbonyl (C=O) groups excluding carboxylic acids is 3. The predicted molar refractivity (Wildman–Crippen MR) is 163 cm³/mol. The van der Waals surface area contributed by atoms with Crippen LogP contribution >= 0.6 is 11.8 Å². The third kappa shape index (κ3) is 7.52. The van der Waals surface area contributed by atoms with E-state index in [2.05, 4.69) is 10.4 Å². The van der Waals surface area contributed by atoms with E-state index in [1.165, 1.54) is 52.8 Å². The number of rotatable bonds is 10. The van der Waals surface area contributed by atoms with Crippen LogP contribution in [-0.4, -0.2) is 89.3 Å². The van der Waals surface area contributed by atoms with Crippen LogP contribution in [0.1, 0.15) is 19.4 Å². The van der Waals surface area contributed by atoms with Crippen LogP contribution in [0.3, 0.4) is 0 Å². The number of benzene rings is 2. The molecule has 1 aromatic heterocycles. The van der Waals surface area contributed by atoms with Crippen LogP contribution in [0.15, 0.2) is 65.8 Å². The summed E-state index contributed by atoms with van der Waals surface area (Å²) < 4.78 is 46.5. The van der Waals surface area contributed by atoms with Crippen LogP contribution in [0.25, 0.3) is 0 Å². The number of aryl methyl sites for hydroxylation is 1. The Labute approximate surface area is 260 Å². The van der Waals surface area contributed by atoms with E-state index in [0.717, 1.165) is 6.20 Å². The summed E-state index contributed by atoms with van der Waals surface area (Å²) in [7, 11) is 1.41. The van der Waals surface area contributed by atoms with Gasteiger partial charge in [-0.3, -0.25) is 14.8 Å². The predicted octanol–water partition coefficient (Wildman–Crippen LogP) is 2.66. The lowest BCUT2D eigenvalue weighted by molar-refractivity contribution is -0.144. The molecule has 236 valence electrons. The molecule has 1 saturated heterocycles. The zero-order chi connectivity index (χ0) is 32.2. The minimum absolute atomic E-state index is 0.0524. The molecule has 1 aliphatic heterocycles. The molecule has 2 aromatic carbocycles. The summed E-state index contributed by atoms with van der Waals surface area (Å²) in [4.78, 5) is 41.1. The van der Waals surface area contributed by atoms with E-state index in [1.807, 2.05) is 13.8 Å². The molecule has 0 saturated carbocycles. The number of para-hydroxylation sites is 2. The smallest absolute Gasteiger partial charge is 0.414 e. The second-order valence-corrected chi connectivity index (χ2v) is 13.8. The molecular formula is C29H35N5O8S2. The molecule has 13 nitrogen and oxygen atoms in total. The quantitative estimate of drug-likeness (QED) is 0.256. The Morgan fingerprint density at radius 3 is 2.30 bits per heavy atom. The third-order valence-electron chi connectivity index (χ3n) is 6.57. The van der Waals surface area contributed by atoms with Gasteiger partial charge in [0.1, 0.15) is 16.0 Å². The fourth-order valence-electron chi connectivity index (χ4n) is 4.31. The third-order valence-corrected chi connectivity index (χ3v) is 9.87. The molecule has 1 N–H and O–H groups in total. The molecule has 0 bridgehead atoms. The lowest BCUT2D eigenvalue weighted by atomic mass is 10.1. The summed E-state index contributed by atoms with van der Waals surface area (Å²) in [6, 6.07) is 10.9. The Morgan fingerprint density at radius 2 is 1.75 bits per heavy atom. The monoisotopic (exact) mass is 645 g/mol. The lowest BCUT2D eigenvalue weighted by Crippen LogP contribution is -2.56. The van der Waals surface area contributed by atoms with Gasteiger partial charge >= 0.3 is 12.1 Å². The van der Waals surface area contributed by atoms with Gasteiger partial charge in [-0.05, 0) is 43.7 Å². The molecule has 0 spiro atoms. The summed E-state index contributed by atoms with van der Waals surface area (Å²) >= 11 is 1.25. The molecule has 2 amide bonds.